The number of aromatic carboxylic acids is 1. The largest absolute Gasteiger partial charge is 0.492 e. The van der Waals surface area contributed by atoms with Crippen LogP contribution in [-0.4, -0.2) is 32.1 Å². The molecular formula is C18H21NO5S. The highest BCUT2D eigenvalue weighted by molar-refractivity contribution is 7.91. The summed E-state index contributed by atoms with van der Waals surface area (Å²) in [4.78, 5) is 11.4. The van der Waals surface area contributed by atoms with Crippen molar-refractivity contribution in [3.63, 3.8) is 0 Å². The fourth-order valence-electron chi connectivity index (χ4n) is 2.32. The van der Waals surface area contributed by atoms with Crippen molar-refractivity contribution in [2.45, 2.75) is 36.1 Å². The molecule has 2 aromatic carbocycles. The van der Waals surface area contributed by atoms with Crippen LogP contribution in [0.15, 0.2) is 52.3 Å². The van der Waals surface area contributed by atoms with Gasteiger partial charge in [-0.05, 0) is 61.4 Å². The Hall–Kier alpha value is -2.38. The van der Waals surface area contributed by atoms with Gasteiger partial charge in [-0.15, -0.1) is 0 Å². The standard InChI is InChI=1S/C18H21NO5S/c1-3-13-10-16(8-9-17(13)18(20)21)25(22,23)15-6-4-14(5-7-15)24-11-12(2)19/h4-10,12H,3,11,19H2,1-2H3,(H,20,21)/t12-/m1/s1. The van der Waals surface area contributed by atoms with E-state index in [9.17, 15) is 13.2 Å². The Kier molecular flexibility index (Phi) is 5.81. The average Bonchev–Trinajstić information content (AvgIpc) is 2.59. The van der Waals surface area contributed by atoms with E-state index in [0.717, 1.165) is 0 Å². The molecule has 0 fully saturated rings. The van der Waals surface area contributed by atoms with Gasteiger partial charge in [-0.3, -0.25) is 0 Å². The predicted octanol–water partition coefficient (Wildman–Crippen LogP) is 2.51. The van der Waals surface area contributed by atoms with Crippen LogP contribution in [0, 0.1) is 0 Å². The third-order valence-electron chi connectivity index (χ3n) is 3.65. The van der Waals surface area contributed by atoms with Gasteiger partial charge in [0, 0.05) is 6.04 Å². The first-order valence-electron chi connectivity index (χ1n) is 7.85. The van der Waals surface area contributed by atoms with E-state index in [0.29, 0.717) is 24.3 Å². The molecule has 6 nitrogen and oxygen atoms in total. The van der Waals surface area contributed by atoms with E-state index in [-0.39, 0.29) is 21.4 Å². The van der Waals surface area contributed by atoms with E-state index < -0.39 is 15.8 Å². The van der Waals surface area contributed by atoms with Gasteiger partial charge in [-0.1, -0.05) is 6.92 Å². The van der Waals surface area contributed by atoms with Crippen LogP contribution < -0.4 is 10.5 Å². The summed E-state index contributed by atoms with van der Waals surface area (Å²) in [6.45, 7) is 3.93. The monoisotopic (exact) mass is 363 g/mol. The van der Waals surface area contributed by atoms with E-state index in [4.69, 9.17) is 15.6 Å². The first-order valence-corrected chi connectivity index (χ1v) is 9.33. The number of carboxylic acid groups (broad SMARTS) is 1. The summed E-state index contributed by atoms with van der Waals surface area (Å²) >= 11 is 0. The van der Waals surface area contributed by atoms with E-state index >= 15 is 0 Å². The second-order valence-electron chi connectivity index (χ2n) is 5.74. The minimum Gasteiger partial charge on any atom is -0.492 e. The van der Waals surface area contributed by atoms with Gasteiger partial charge in [0.2, 0.25) is 9.84 Å². The number of carboxylic acids is 1. The zero-order valence-corrected chi connectivity index (χ0v) is 14.9. The summed E-state index contributed by atoms with van der Waals surface area (Å²) in [6.07, 6.45) is 0.426. The molecule has 0 radical (unpaired) electrons. The minimum absolute atomic E-state index is 0.0681. The molecule has 0 aliphatic heterocycles. The van der Waals surface area contributed by atoms with Gasteiger partial charge in [-0.2, -0.15) is 0 Å². The highest BCUT2D eigenvalue weighted by atomic mass is 32.2. The zero-order chi connectivity index (χ0) is 18.6. The lowest BCUT2D eigenvalue weighted by molar-refractivity contribution is 0.0695. The summed E-state index contributed by atoms with van der Waals surface area (Å²) in [6, 6.07) is 10.0. The molecule has 0 aliphatic carbocycles. The Balaban J connectivity index is 2.33. The molecule has 0 spiro atoms. The number of hydrogen-bond donors (Lipinski definition) is 2. The molecule has 0 heterocycles. The van der Waals surface area contributed by atoms with Crippen LogP contribution >= 0.6 is 0 Å². The second-order valence-corrected chi connectivity index (χ2v) is 7.69. The van der Waals surface area contributed by atoms with Crippen LogP contribution in [0.25, 0.3) is 0 Å². The van der Waals surface area contributed by atoms with Gasteiger partial charge in [0.1, 0.15) is 12.4 Å². The van der Waals surface area contributed by atoms with Gasteiger partial charge in [0.15, 0.2) is 0 Å². The third-order valence-corrected chi connectivity index (χ3v) is 5.41. The van der Waals surface area contributed by atoms with Gasteiger partial charge in [0.25, 0.3) is 0 Å². The molecule has 0 saturated carbocycles. The quantitative estimate of drug-likeness (QED) is 0.783. The van der Waals surface area contributed by atoms with Gasteiger partial charge < -0.3 is 15.6 Å². The van der Waals surface area contributed by atoms with Crippen molar-refractivity contribution in [2.24, 2.45) is 5.73 Å². The van der Waals surface area contributed by atoms with E-state index in [1.165, 1.54) is 30.3 Å². The number of benzene rings is 2. The molecule has 0 aliphatic rings. The maximum atomic E-state index is 12.8. The predicted molar refractivity (Wildman–Crippen MR) is 93.8 cm³/mol. The molecule has 1 atom stereocenters. The van der Waals surface area contributed by atoms with Crippen LogP contribution in [0.5, 0.6) is 5.75 Å². The number of carbonyl (C=O) groups is 1. The van der Waals surface area contributed by atoms with Crippen molar-refractivity contribution in [2.75, 3.05) is 6.61 Å². The van der Waals surface area contributed by atoms with Crippen molar-refractivity contribution in [1.82, 2.24) is 0 Å². The number of sulfone groups is 1. The Morgan fingerprint density at radius 1 is 1.16 bits per heavy atom. The Labute approximate surface area is 147 Å². The number of hydrogen-bond acceptors (Lipinski definition) is 5. The highest BCUT2D eigenvalue weighted by Crippen LogP contribution is 2.25. The SMILES string of the molecule is CCc1cc(S(=O)(=O)c2ccc(OC[C@@H](C)N)cc2)ccc1C(=O)O. The topological polar surface area (TPSA) is 107 Å². The van der Waals surface area contributed by atoms with Crippen molar-refractivity contribution in [3.8, 4) is 5.75 Å². The zero-order valence-electron chi connectivity index (χ0n) is 14.1. The molecule has 3 N–H and O–H groups in total. The molecule has 0 unspecified atom stereocenters. The lowest BCUT2D eigenvalue weighted by Crippen LogP contribution is -2.23. The lowest BCUT2D eigenvalue weighted by Gasteiger charge is -2.11. The summed E-state index contributed by atoms with van der Waals surface area (Å²) in [7, 11) is -3.74. The summed E-state index contributed by atoms with van der Waals surface area (Å²) in [5.41, 5.74) is 6.20. The lowest BCUT2D eigenvalue weighted by atomic mass is 10.1. The highest BCUT2D eigenvalue weighted by Gasteiger charge is 2.20. The number of ether oxygens (including phenoxy) is 1. The van der Waals surface area contributed by atoms with Crippen LogP contribution in [0.4, 0.5) is 0 Å². The first kappa shape index (κ1) is 19.0. The Morgan fingerprint density at radius 3 is 2.28 bits per heavy atom. The molecule has 2 aromatic rings. The van der Waals surface area contributed by atoms with Crippen molar-refractivity contribution >= 4 is 15.8 Å². The number of rotatable bonds is 7. The Bertz CT molecular complexity index is 858. The van der Waals surface area contributed by atoms with Gasteiger partial charge in [0.05, 0.1) is 15.4 Å². The van der Waals surface area contributed by atoms with Crippen LogP contribution in [0.3, 0.4) is 0 Å². The third kappa shape index (κ3) is 4.37. The molecule has 0 amide bonds. The first-order chi connectivity index (χ1) is 11.8. The maximum Gasteiger partial charge on any atom is 0.335 e. The average molecular weight is 363 g/mol. The summed E-state index contributed by atoms with van der Waals surface area (Å²) in [5.74, 6) is -0.539. The molecular weight excluding hydrogens is 342 g/mol. The van der Waals surface area contributed by atoms with E-state index in [2.05, 4.69) is 0 Å². The number of aryl methyl sites for hydroxylation is 1. The fraction of sp³-hybridized carbons (Fsp3) is 0.278. The molecule has 0 saturated heterocycles. The van der Waals surface area contributed by atoms with E-state index in [1.54, 1.807) is 19.1 Å². The molecule has 0 bridgehead atoms. The van der Waals surface area contributed by atoms with Crippen molar-refractivity contribution in [1.29, 1.82) is 0 Å². The fourth-order valence-corrected chi connectivity index (χ4v) is 3.63. The minimum atomic E-state index is -3.74. The Morgan fingerprint density at radius 2 is 1.76 bits per heavy atom. The van der Waals surface area contributed by atoms with Crippen LogP contribution in [0.1, 0.15) is 29.8 Å². The molecule has 2 rings (SSSR count). The molecule has 7 heteroatoms. The summed E-state index contributed by atoms with van der Waals surface area (Å²) in [5, 5.41) is 9.16. The van der Waals surface area contributed by atoms with E-state index in [1.807, 2.05) is 6.92 Å². The van der Waals surface area contributed by atoms with Crippen molar-refractivity contribution in [3.05, 3.63) is 53.6 Å². The van der Waals surface area contributed by atoms with Crippen LogP contribution in [0.2, 0.25) is 0 Å². The van der Waals surface area contributed by atoms with Gasteiger partial charge >= 0.3 is 5.97 Å². The normalized spacial score (nSPS) is 12.6. The number of nitrogens with two attached hydrogens (primary N) is 1. The maximum absolute atomic E-state index is 12.8. The van der Waals surface area contributed by atoms with Crippen LogP contribution in [-0.2, 0) is 16.3 Å². The molecule has 25 heavy (non-hydrogen) atoms. The summed E-state index contributed by atoms with van der Waals surface area (Å²) < 4.78 is 30.9. The molecule has 134 valence electrons. The van der Waals surface area contributed by atoms with Gasteiger partial charge in [-0.25, -0.2) is 13.2 Å². The smallest absolute Gasteiger partial charge is 0.335 e. The molecule has 0 aromatic heterocycles. The second kappa shape index (κ2) is 7.67. The van der Waals surface area contributed by atoms with Crippen molar-refractivity contribution < 1.29 is 23.1 Å².